The van der Waals surface area contributed by atoms with E-state index >= 15 is 0 Å². The Hall–Kier alpha value is -1.69. The van der Waals surface area contributed by atoms with E-state index in [9.17, 15) is 13.6 Å². The van der Waals surface area contributed by atoms with Gasteiger partial charge in [-0.05, 0) is 37.8 Å². The number of benzene rings is 1. The van der Waals surface area contributed by atoms with Crippen LogP contribution in [-0.4, -0.2) is 25.2 Å². The maximum atomic E-state index is 13.3. The molecule has 1 aliphatic heterocycles. The van der Waals surface area contributed by atoms with Crippen LogP contribution in [0.2, 0.25) is 0 Å². The maximum Gasteiger partial charge on any atom is 0.251 e. The molecule has 1 fully saturated rings. The van der Waals surface area contributed by atoms with E-state index in [0.29, 0.717) is 19.1 Å². The van der Waals surface area contributed by atoms with Gasteiger partial charge in [-0.2, -0.15) is 0 Å². The van der Waals surface area contributed by atoms with E-state index < -0.39 is 23.2 Å². The fourth-order valence-electron chi connectivity index (χ4n) is 2.34. The summed E-state index contributed by atoms with van der Waals surface area (Å²) in [5.41, 5.74) is 4.54. The summed E-state index contributed by atoms with van der Waals surface area (Å²) in [6, 6.07) is 1.82. The first-order valence-corrected chi connectivity index (χ1v) is 6.62. The smallest absolute Gasteiger partial charge is 0.251 e. The fraction of sp³-hybridized carbons (Fsp3) is 0.500. The van der Waals surface area contributed by atoms with E-state index in [1.807, 2.05) is 6.92 Å². The zero-order chi connectivity index (χ0) is 14.7. The first kappa shape index (κ1) is 14.7. The SMILES string of the molecule is CC(NC(=O)c1cc(F)c(N)c(F)c1)C1CCOCC1. The molecule has 0 bridgehead atoms. The third-order valence-corrected chi connectivity index (χ3v) is 3.67. The molecule has 1 aliphatic rings. The highest BCUT2D eigenvalue weighted by Crippen LogP contribution is 2.20. The second-order valence-electron chi connectivity index (χ2n) is 5.07. The van der Waals surface area contributed by atoms with Crippen LogP contribution in [-0.2, 0) is 4.74 Å². The van der Waals surface area contributed by atoms with Gasteiger partial charge in [0.15, 0.2) is 0 Å². The molecule has 1 amide bonds. The van der Waals surface area contributed by atoms with Crippen molar-refractivity contribution in [2.24, 2.45) is 5.92 Å². The molecule has 0 radical (unpaired) electrons. The van der Waals surface area contributed by atoms with E-state index in [1.165, 1.54) is 0 Å². The van der Waals surface area contributed by atoms with E-state index in [1.54, 1.807) is 0 Å². The molecule has 0 aromatic heterocycles. The molecule has 1 atom stereocenters. The summed E-state index contributed by atoms with van der Waals surface area (Å²) < 4.78 is 31.9. The van der Waals surface area contributed by atoms with Crippen molar-refractivity contribution in [1.29, 1.82) is 0 Å². The van der Waals surface area contributed by atoms with Crippen LogP contribution in [0.1, 0.15) is 30.1 Å². The Balaban J connectivity index is 2.04. The molecule has 1 aromatic rings. The summed E-state index contributed by atoms with van der Waals surface area (Å²) in [5.74, 6) is -2.03. The van der Waals surface area contributed by atoms with Crippen LogP contribution < -0.4 is 11.1 Å². The number of halogens is 2. The first-order chi connectivity index (χ1) is 9.49. The lowest BCUT2D eigenvalue weighted by Gasteiger charge is -2.28. The summed E-state index contributed by atoms with van der Waals surface area (Å²) in [5, 5.41) is 2.77. The molecule has 110 valence electrons. The average molecular weight is 284 g/mol. The average Bonchev–Trinajstić information content (AvgIpc) is 2.45. The standard InChI is InChI=1S/C14H18F2N2O2/c1-8(9-2-4-20-5-3-9)18-14(19)10-6-11(15)13(17)12(16)7-10/h6-9H,2-5,17H2,1H3,(H,18,19). The number of ether oxygens (including phenoxy) is 1. The third kappa shape index (κ3) is 3.25. The Labute approximate surface area is 116 Å². The highest BCUT2D eigenvalue weighted by atomic mass is 19.1. The minimum atomic E-state index is -0.922. The Morgan fingerprint density at radius 3 is 2.45 bits per heavy atom. The molecular weight excluding hydrogens is 266 g/mol. The minimum absolute atomic E-state index is 0.0619. The zero-order valence-electron chi connectivity index (χ0n) is 11.3. The van der Waals surface area contributed by atoms with Gasteiger partial charge in [0.05, 0.1) is 0 Å². The van der Waals surface area contributed by atoms with Crippen molar-refractivity contribution in [2.45, 2.75) is 25.8 Å². The van der Waals surface area contributed by atoms with Crippen molar-refractivity contribution in [2.75, 3.05) is 18.9 Å². The number of hydrogen-bond donors (Lipinski definition) is 2. The molecule has 3 N–H and O–H groups in total. The van der Waals surface area contributed by atoms with Crippen LogP contribution in [0.3, 0.4) is 0 Å². The summed E-state index contributed by atoms with van der Waals surface area (Å²) in [6.45, 7) is 3.24. The van der Waals surface area contributed by atoms with Gasteiger partial charge in [0.1, 0.15) is 17.3 Å². The molecule has 0 saturated carbocycles. The number of nitrogens with two attached hydrogens (primary N) is 1. The van der Waals surface area contributed by atoms with Crippen LogP contribution in [0, 0.1) is 17.6 Å². The van der Waals surface area contributed by atoms with Crippen molar-refractivity contribution in [3.63, 3.8) is 0 Å². The predicted molar refractivity (Wildman–Crippen MR) is 71.2 cm³/mol. The van der Waals surface area contributed by atoms with Crippen LogP contribution in [0.25, 0.3) is 0 Å². The predicted octanol–water partition coefficient (Wildman–Crippen LogP) is 2.09. The van der Waals surface area contributed by atoms with Crippen molar-refractivity contribution < 1.29 is 18.3 Å². The van der Waals surface area contributed by atoms with Gasteiger partial charge in [0, 0.05) is 24.8 Å². The summed E-state index contributed by atoms with van der Waals surface area (Å²) in [7, 11) is 0. The second kappa shape index (κ2) is 6.17. The highest BCUT2D eigenvalue weighted by Gasteiger charge is 2.23. The molecule has 0 aliphatic carbocycles. The molecule has 4 nitrogen and oxygen atoms in total. The second-order valence-corrected chi connectivity index (χ2v) is 5.07. The summed E-state index contributed by atoms with van der Waals surface area (Å²) in [4.78, 5) is 12.0. The topological polar surface area (TPSA) is 64.4 Å². The number of carbonyl (C=O) groups excluding carboxylic acids is 1. The van der Waals surface area contributed by atoms with E-state index in [4.69, 9.17) is 10.5 Å². The molecule has 6 heteroatoms. The van der Waals surface area contributed by atoms with Crippen molar-refractivity contribution in [3.8, 4) is 0 Å². The summed E-state index contributed by atoms with van der Waals surface area (Å²) >= 11 is 0. The van der Waals surface area contributed by atoms with Crippen molar-refractivity contribution in [1.82, 2.24) is 5.32 Å². The number of nitrogen functional groups attached to an aromatic ring is 1. The Morgan fingerprint density at radius 2 is 1.90 bits per heavy atom. The molecule has 1 unspecified atom stereocenters. The number of amides is 1. The number of carbonyl (C=O) groups is 1. The van der Waals surface area contributed by atoms with Crippen LogP contribution in [0.15, 0.2) is 12.1 Å². The zero-order valence-corrected chi connectivity index (χ0v) is 11.3. The molecule has 1 heterocycles. The van der Waals surface area contributed by atoms with E-state index in [-0.39, 0.29) is 11.6 Å². The molecule has 20 heavy (non-hydrogen) atoms. The first-order valence-electron chi connectivity index (χ1n) is 6.62. The van der Waals surface area contributed by atoms with Crippen LogP contribution >= 0.6 is 0 Å². The molecule has 2 rings (SSSR count). The molecular formula is C14H18F2N2O2. The maximum absolute atomic E-state index is 13.3. The fourth-order valence-corrected chi connectivity index (χ4v) is 2.34. The minimum Gasteiger partial charge on any atom is -0.394 e. The quantitative estimate of drug-likeness (QED) is 0.835. The third-order valence-electron chi connectivity index (χ3n) is 3.67. The van der Waals surface area contributed by atoms with Crippen molar-refractivity contribution >= 4 is 11.6 Å². The monoisotopic (exact) mass is 284 g/mol. The van der Waals surface area contributed by atoms with Crippen LogP contribution in [0.4, 0.5) is 14.5 Å². The lowest BCUT2D eigenvalue weighted by molar-refractivity contribution is 0.0538. The number of anilines is 1. The van der Waals surface area contributed by atoms with Gasteiger partial charge >= 0.3 is 0 Å². The number of nitrogens with one attached hydrogen (secondary N) is 1. The van der Waals surface area contributed by atoms with Crippen molar-refractivity contribution in [3.05, 3.63) is 29.3 Å². The normalized spacial score (nSPS) is 17.8. The van der Waals surface area contributed by atoms with Gasteiger partial charge in [-0.25, -0.2) is 8.78 Å². The Morgan fingerprint density at radius 1 is 1.35 bits per heavy atom. The van der Waals surface area contributed by atoms with Gasteiger partial charge in [-0.1, -0.05) is 0 Å². The lowest BCUT2D eigenvalue weighted by Crippen LogP contribution is -2.40. The highest BCUT2D eigenvalue weighted by molar-refractivity contribution is 5.94. The Bertz CT molecular complexity index is 479. The van der Waals surface area contributed by atoms with E-state index in [0.717, 1.165) is 25.0 Å². The van der Waals surface area contributed by atoms with Gasteiger partial charge in [-0.15, -0.1) is 0 Å². The molecule has 0 spiro atoms. The molecule has 1 aromatic carbocycles. The van der Waals surface area contributed by atoms with E-state index in [2.05, 4.69) is 5.32 Å². The summed E-state index contributed by atoms with van der Waals surface area (Å²) in [6.07, 6.45) is 1.73. The van der Waals surface area contributed by atoms with Gasteiger partial charge in [-0.3, -0.25) is 4.79 Å². The number of rotatable bonds is 3. The largest absolute Gasteiger partial charge is 0.394 e. The Kier molecular flexibility index (Phi) is 4.54. The number of hydrogen-bond acceptors (Lipinski definition) is 3. The van der Waals surface area contributed by atoms with Gasteiger partial charge in [0.2, 0.25) is 0 Å². The van der Waals surface area contributed by atoms with Gasteiger partial charge in [0.25, 0.3) is 5.91 Å². The van der Waals surface area contributed by atoms with Crippen LogP contribution in [0.5, 0.6) is 0 Å². The molecule has 1 saturated heterocycles. The lowest BCUT2D eigenvalue weighted by atomic mass is 9.93. The van der Waals surface area contributed by atoms with Gasteiger partial charge < -0.3 is 15.8 Å².